The Morgan fingerprint density at radius 2 is 1.53 bits per heavy atom. The first-order chi connectivity index (χ1) is 18.2. The van der Waals surface area contributed by atoms with Gasteiger partial charge in [-0.3, -0.25) is 4.79 Å². The Bertz CT molecular complexity index is 1340. The van der Waals surface area contributed by atoms with Crippen LogP contribution < -0.4 is 19.5 Å². The molecular formula is C32H38N2O3Si. The normalized spacial score (nSPS) is 11.8. The third-order valence-electron chi connectivity index (χ3n) is 7.30. The smallest absolute Gasteiger partial charge is 0.319 e. The maximum absolute atomic E-state index is 11.1. The number of rotatable bonds is 10. The molecule has 0 spiro atoms. The highest BCUT2D eigenvalue weighted by Gasteiger charge is 2.52. The molecule has 1 heterocycles. The molecule has 0 N–H and O–H groups in total. The number of carbonyl (C=O) groups excluding carboxylic acids is 1. The van der Waals surface area contributed by atoms with Gasteiger partial charge in [-0.15, -0.1) is 0 Å². The number of ether oxygens (including phenoxy) is 1. The van der Waals surface area contributed by atoms with Gasteiger partial charge in [0, 0.05) is 18.9 Å². The number of hydrogen-bond donors (Lipinski definition) is 0. The highest BCUT2D eigenvalue weighted by atomic mass is 28.4. The van der Waals surface area contributed by atoms with E-state index in [-0.39, 0.29) is 5.04 Å². The second-order valence-electron chi connectivity index (χ2n) is 10.8. The van der Waals surface area contributed by atoms with Crippen LogP contribution in [0.3, 0.4) is 0 Å². The predicted molar refractivity (Wildman–Crippen MR) is 157 cm³/mol. The highest BCUT2D eigenvalue weighted by molar-refractivity contribution is 7.00. The van der Waals surface area contributed by atoms with Crippen molar-refractivity contribution < 1.29 is 14.0 Å². The summed E-state index contributed by atoms with van der Waals surface area (Å²) < 4.78 is 15.5. The summed E-state index contributed by atoms with van der Waals surface area (Å²) in [5.41, 5.74) is 3.24. The molecule has 5 nitrogen and oxygen atoms in total. The van der Waals surface area contributed by atoms with Crippen LogP contribution in [0.2, 0.25) is 5.04 Å². The van der Waals surface area contributed by atoms with Crippen LogP contribution in [-0.2, 0) is 6.54 Å². The number of benzene rings is 3. The van der Waals surface area contributed by atoms with Crippen LogP contribution in [0.15, 0.2) is 79.1 Å². The molecule has 4 aromatic rings. The summed E-state index contributed by atoms with van der Waals surface area (Å²) in [6.45, 7) is 14.4. The van der Waals surface area contributed by atoms with Crippen molar-refractivity contribution in [2.75, 3.05) is 6.61 Å². The average Bonchev–Trinajstić information content (AvgIpc) is 3.37. The summed E-state index contributed by atoms with van der Waals surface area (Å²) >= 11 is 0. The molecule has 0 amide bonds. The quantitative estimate of drug-likeness (QED) is 0.144. The van der Waals surface area contributed by atoms with E-state index in [4.69, 9.17) is 9.16 Å². The third-order valence-corrected chi connectivity index (χ3v) is 12.2. The van der Waals surface area contributed by atoms with Gasteiger partial charge in [0.05, 0.1) is 6.61 Å². The largest absolute Gasteiger partial charge is 0.534 e. The van der Waals surface area contributed by atoms with Gasteiger partial charge in [0.25, 0.3) is 0 Å². The third kappa shape index (κ3) is 5.32. The minimum atomic E-state index is -2.73. The number of aryl methyl sites for hydroxylation is 2. The van der Waals surface area contributed by atoms with Gasteiger partial charge in [-0.25, -0.2) is 4.98 Å². The molecule has 6 heteroatoms. The first-order valence-corrected chi connectivity index (χ1v) is 15.1. The molecule has 0 atom stereocenters. The molecule has 1 aromatic heterocycles. The molecule has 0 unspecified atom stereocenters. The lowest BCUT2D eigenvalue weighted by atomic mass is 10.0. The first-order valence-electron chi connectivity index (χ1n) is 13.2. The SMILES string of the molecule is Cc1cc(O[Si](c2ccccc2)(c2ccccc2)C(C)(C)C)c(C)c(C)c1OCCCn1ccnc1C=O. The lowest BCUT2D eigenvalue weighted by Gasteiger charge is -2.43. The van der Waals surface area contributed by atoms with Crippen molar-refractivity contribution in [2.45, 2.75) is 59.5 Å². The molecule has 3 aromatic carbocycles. The Kier molecular flexibility index (Phi) is 8.22. The van der Waals surface area contributed by atoms with E-state index >= 15 is 0 Å². The number of nitrogens with zero attached hydrogens (tertiary/aromatic N) is 2. The van der Waals surface area contributed by atoms with Crippen LogP contribution in [-0.4, -0.2) is 30.8 Å². The molecule has 4 rings (SSSR count). The van der Waals surface area contributed by atoms with Crippen molar-refractivity contribution in [1.82, 2.24) is 9.55 Å². The lowest BCUT2D eigenvalue weighted by molar-refractivity contribution is 0.111. The van der Waals surface area contributed by atoms with Gasteiger partial charge < -0.3 is 13.7 Å². The van der Waals surface area contributed by atoms with Crippen molar-refractivity contribution in [2.24, 2.45) is 0 Å². The topological polar surface area (TPSA) is 53.4 Å². The van der Waals surface area contributed by atoms with Crippen LogP contribution in [0.25, 0.3) is 0 Å². The molecule has 0 radical (unpaired) electrons. The molecule has 0 bridgehead atoms. The molecule has 0 aliphatic heterocycles. The number of aromatic nitrogens is 2. The molecule has 0 aliphatic rings. The first kappa shape index (κ1) is 27.4. The van der Waals surface area contributed by atoms with Gasteiger partial charge in [0.15, 0.2) is 12.1 Å². The molecule has 0 fully saturated rings. The molecular weight excluding hydrogens is 488 g/mol. The van der Waals surface area contributed by atoms with Gasteiger partial charge in [-0.1, -0.05) is 81.4 Å². The Morgan fingerprint density at radius 3 is 2.08 bits per heavy atom. The average molecular weight is 527 g/mol. The zero-order valence-corrected chi connectivity index (χ0v) is 24.3. The summed E-state index contributed by atoms with van der Waals surface area (Å²) in [7, 11) is -2.73. The minimum absolute atomic E-state index is 0.118. The second-order valence-corrected chi connectivity index (χ2v) is 15.1. The van der Waals surface area contributed by atoms with Crippen LogP contribution in [0, 0.1) is 20.8 Å². The summed E-state index contributed by atoms with van der Waals surface area (Å²) in [6, 6.07) is 23.6. The summed E-state index contributed by atoms with van der Waals surface area (Å²) in [5.74, 6) is 2.26. The van der Waals surface area contributed by atoms with Crippen molar-refractivity contribution in [1.29, 1.82) is 0 Å². The Labute approximate surface area is 227 Å². The van der Waals surface area contributed by atoms with E-state index in [1.807, 2.05) is 10.8 Å². The van der Waals surface area contributed by atoms with E-state index < -0.39 is 8.32 Å². The maximum Gasteiger partial charge on any atom is 0.319 e. The fourth-order valence-corrected chi connectivity index (χ4v) is 9.67. The van der Waals surface area contributed by atoms with E-state index in [0.29, 0.717) is 19.0 Å². The van der Waals surface area contributed by atoms with Crippen LogP contribution in [0.1, 0.15) is 54.5 Å². The van der Waals surface area contributed by atoms with Crippen LogP contribution in [0.4, 0.5) is 0 Å². The number of hydrogen-bond acceptors (Lipinski definition) is 4. The van der Waals surface area contributed by atoms with Crippen LogP contribution in [0.5, 0.6) is 11.5 Å². The monoisotopic (exact) mass is 526 g/mol. The fraction of sp³-hybridized carbons (Fsp3) is 0.312. The number of imidazole rings is 1. The molecule has 38 heavy (non-hydrogen) atoms. The molecule has 0 saturated heterocycles. The van der Waals surface area contributed by atoms with E-state index in [1.54, 1.807) is 6.20 Å². The Hall–Kier alpha value is -3.64. The predicted octanol–water partition coefficient (Wildman–Crippen LogP) is 6.03. The van der Waals surface area contributed by atoms with Crippen molar-refractivity contribution >= 4 is 25.0 Å². The van der Waals surface area contributed by atoms with E-state index in [1.165, 1.54) is 10.4 Å². The van der Waals surface area contributed by atoms with Crippen LogP contribution >= 0.6 is 0 Å². The fourth-order valence-electron chi connectivity index (χ4n) is 5.20. The number of aldehydes is 1. The van der Waals surface area contributed by atoms with E-state index in [9.17, 15) is 4.79 Å². The van der Waals surface area contributed by atoms with Gasteiger partial charge in [0.2, 0.25) is 0 Å². The van der Waals surface area contributed by atoms with Crippen molar-refractivity contribution in [3.63, 3.8) is 0 Å². The summed E-state index contributed by atoms with van der Waals surface area (Å²) in [6.07, 6.45) is 5.02. The summed E-state index contributed by atoms with van der Waals surface area (Å²) in [4.78, 5) is 15.2. The van der Waals surface area contributed by atoms with Gasteiger partial charge in [-0.05, 0) is 65.4 Å². The summed E-state index contributed by atoms with van der Waals surface area (Å²) in [5, 5.41) is 2.39. The zero-order valence-electron chi connectivity index (χ0n) is 23.3. The zero-order chi connectivity index (χ0) is 27.3. The van der Waals surface area contributed by atoms with Crippen molar-refractivity contribution in [3.8, 4) is 11.5 Å². The minimum Gasteiger partial charge on any atom is -0.534 e. The molecule has 0 aliphatic carbocycles. The van der Waals surface area contributed by atoms with Gasteiger partial charge >= 0.3 is 8.32 Å². The number of carbonyl (C=O) groups is 1. The van der Waals surface area contributed by atoms with Crippen molar-refractivity contribution in [3.05, 3.63) is 102 Å². The maximum atomic E-state index is 11.1. The Balaban J connectivity index is 1.66. The second kappa shape index (κ2) is 11.4. The lowest BCUT2D eigenvalue weighted by Crippen LogP contribution is -2.68. The van der Waals surface area contributed by atoms with E-state index in [0.717, 1.165) is 40.9 Å². The van der Waals surface area contributed by atoms with E-state index in [2.05, 4.69) is 113 Å². The Morgan fingerprint density at radius 1 is 0.921 bits per heavy atom. The highest BCUT2D eigenvalue weighted by Crippen LogP contribution is 2.41. The van der Waals surface area contributed by atoms with Gasteiger partial charge in [0.1, 0.15) is 11.5 Å². The molecule has 198 valence electrons. The standard InChI is InChI=1S/C32H38N2O3Si/c1-24-22-29(25(2)26(3)31(24)36-21-13-19-34-20-18-33-30(34)23-35)37-38(32(4,5)6,27-14-9-7-10-15-27)28-16-11-8-12-17-28/h7-12,14-18,20,22-23H,13,19,21H2,1-6H3. The molecule has 0 saturated carbocycles. The van der Waals surface area contributed by atoms with Gasteiger partial charge in [-0.2, -0.15) is 0 Å².